The number of nitrogens with one attached hydrogen (secondary N) is 1. The van der Waals surface area contributed by atoms with Crippen molar-refractivity contribution in [1.82, 2.24) is 14.8 Å². The first-order valence-electron chi connectivity index (χ1n) is 6.72. The van der Waals surface area contributed by atoms with Crippen LogP contribution in [0.4, 0.5) is 5.13 Å². The van der Waals surface area contributed by atoms with Gasteiger partial charge in [0.1, 0.15) is 5.69 Å². The molecule has 1 aromatic carbocycles. The third-order valence-electron chi connectivity index (χ3n) is 3.11. The lowest BCUT2D eigenvalue weighted by Gasteiger charge is -2.03. The van der Waals surface area contributed by atoms with Crippen molar-refractivity contribution in [1.29, 1.82) is 0 Å². The molecule has 2 aromatic heterocycles. The number of hydrogen-bond acceptors (Lipinski definition) is 4. The number of anilines is 1. The molecule has 0 fully saturated rings. The van der Waals surface area contributed by atoms with Crippen LogP contribution in [0.5, 0.6) is 0 Å². The molecule has 0 aliphatic carbocycles. The fourth-order valence-corrected chi connectivity index (χ4v) is 3.10. The van der Waals surface area contributed by atoms with Gasteiger partial charge in [0.15, 0.2) is 5.13 Å². The summed E-state index contributed by atoms with van der Waals surface area (Å²) in [5, 5.41) is 9.45. The van der Waals surface area contributed by atoms with E-state index in [1.165, 1.54) is 14.9 Å². The fraction of sp³-hybridized carbons (Fsp3) is 0.133. The van der Waals surface area contributed by atoms with E-state index in [-0.39, 0.29) is 5.91 Å². The predicted molar refractivity (Wildman–Crippen MR) is 96.1 cm³/mol. The number of carbonyl (C=O) groups is 1. The Morgan fingerprint density at radius 2 is 2.09 bits per heavy atom. The van der Waals surface area contributed by atoms with Gasteiger partial charge in [0.05, 0.1) is 5.69 Å². The standard InChI is InChI=1S/C15H13IN4OS/c1-2-20-13(7-8-17-20)14(21)19-15-18-12(9-22-15)10-3-5-11(16)6-4-10/h3-9H,2H2,1H3,(H,18,19,21). The van der Waals surface area contributed by atoms with Crippen molar-refractivity contribution < 1.29 is 4.79 Å². The van der Waals surface area contributed by atoms with Crippen LogP contribution in [0.15, 0.2) is 41.9 Å². The molecule has 3 rings (SSSR count). The molecule has 5 nitrogen and oxygen atoms in total. The summed E-state index contributed by atoms with van der Waals surface area (Å²) in [6, 6.07) is 9.82. The number of amides is 1. The number of aromatic nitrogens is 3. The number of nitrogens with zero attached hydrogens (tertiary/aromatic N) is 3. The zero-order valence-corrected chi connectivity index (χ0v) is 14.8. The third kappa shape index (κ3) is 3.20. The minimum Gasteiger partial charge on any atom is -0.296 e. The van der Waals surface area contributed by atoms with Crippen molar-refractivity contribution in [3.63, 3.8) is 0 Å². The van der Waals surface area contributed by atoms with Gasteiger partial charge >= 0.3 is 0 Å². The van der Waals surface area contributed by atoms with Crippen LogP contribution < -0.4 is 5.32 Å². The Balaban J connectivity index is 1.77. The van der Waals surface area contributed by atoms with E-state index >= 15 is 0 Å². The molecule has 3 aromatic rings. The van der Waals surface area contributed by atoms with Crippen LogP contribution in [0.3, 0.4) is 0 Å². The van der Waals surface area contributed by atoms with Gasteiger partial charge in [0.25, 0.3) is 5.91 Å². The van der Waals surface area contributed by atoms with E-state index in [9.17, 15) is 4.79 Å². The van der Waals surface area contributed by atoms with Crippen LogP contribution in [-0.2, 0) is 6.54 Å². The summed E-state index contributed by atoms with van der Waals surface area (Å²) in [5.41, 5.74) is 2.44. The summed E-state index contributed by atoms with van der Waals surface area (Å²) in [5.74, 6) is -0.192. The zero-order valence-electron chi connectivity index (χ0n) is 11.8. The first-order chi connectivity index (χ1) is 10.7. The van der Waals surface area contributed by atoms with Crippen LogP contribution in [-0.4, -0.2) is 20.7 Å². The Kier molecular flexibility index (Phi) is 4.53. The SMILES string of the molecule is CCn1nccc1C(=O)Nc1nc(-c2ccc(I)cc2)cs1. The minimum absolute atomic E-state index is 0.192. The molecule has 0 saturated carbocycles. The van der Waals surface area contributed by atoms with Crippen molar-refractivity contribution in [2.75, 3.05) is 5.32 Å². The van der Waals surface area contributed by atoms with Gasteiger partial charge in [-0.25, -0.2) is 4.98 Å². The van der Waals surface area contributed by atoms with E-state index in [2.05, 4.69) is 38.0 Å². The van der Waals surface area contributed by atoms with Gasteiger partial charge < -0.3 is 0 Å². The number of benzene rings is 1. The highest BCUT2D eigenvalue weighted by Gasteiger charge is 2.13. The highest BCUT2D eigenvalue weighted by atomic mass is 127. The van der Waals surface area contributed by atoms with E-state index in [4.69, 9.17) is 0 Å². The van der Waals surface area contributed by atoms with Crippen molar-refractivity contribution in [3.8, 4) is 11.3 Å². The maximum atomic E-state index is 12.2. The van der Waals surface area contributed by atoms with Gasteiger partial charge in [-0.1, -0.05) is 12.1 Å². The van der Waals surface area contributed by atoms with E-state index in [1.807, 2.05) is 36.6 Å². The first kappa shape index (κ1) is 15.2. The molecule has 0 aliphatic rings. The Bertz CT molecular complexity index is 794. The van der Waals surface area contributed by atoms with Gasteiger partial charge in [0, 0.05) is 27.3 Å². The number of carbonyl (C=O) groups excluding carboxylic acids is 1. The monoisotopic (exact) mass is 424 g/mol. The first-order valence-corrected chi connectivity index (χ1v) is 8.68. The Labute approximate surface area is 145 Å². The molecule has 0 aliphatic heterocycles. The van der Waals surface area contributed by atoms with Crippen LogP contribution >= 0.6 is 33.9 Å². The normalized spacial score (nSPS) is 10.6. The van der Waals surface area contributed by atoms with E-state index in [1.54, 1.807) is 16.9 Å². The second-order valence-corrected chi connectivity index (χ2v) is 6.63. The number of aryl methyl sites for hydroxylation is 1. The van der Waals surface area contributed by atoms with E-state index < -0.39 is 0 Å². The highest BCUT2D eigenvalue weighted by molar-refractivity contribution is 14.1. The molecule has 1 amide bonds. The lowest BCUT2D eigenvalue weighted by atomic mass is 10.2. The third-order valence-corrected chi connectivity index (χ3v) is 4.59. The van der Waals surface area contributed by atoms with Gasteiger partial charge in [-0.15, -0.1) is 11.3 Å². The van der Waals surface area contributed by atoms with Crippen molar-refractivity contribution in [2.24, 2.45) is 0 Å². The molecule has 0 spiro atoms. The van der Waals surface area contributed by atoms with Gasteiger partial charge in [-0.2, -0.15) is 5.10 Å². The molecule has 0 saturated heterocycles. The molecule has 0 atom stereocenters. The van der Waals surface area contributed by atoms with Crippen LogP contribution in [0, 0.1) is 3.57 Å². The summed E-state index contributed by atoms with van der Waals surface area (Å²) in [4.78, 5) is 16.7. The van der Waals surface area contributed by atoms with Crippen molar-refractivity contribution >= 4 is 45.0 Å². The largest absolute Gasteiger partial charge is 0.296 e. The minimum atomic E-state index is -0.192. The lowest BCUT2D eigenvalue weighted by Crippen LogP contribution is -2.17. The average molecular weight is 424 g/mol. The highest BCUT2D eigenvalue weighted by Crippen LogP contribution is 2.25. The van der Waals surface area contributed by atoms with E-state index in [0.717, 1.165) is 11.3 Å². The lowest BCUT2D eigenvalue weighted by molar-refractivity contribution is 0.101. The molecule has 0 unspecified atom stereocenters. The summed E-state index contributed by atoms with van der Waals surface area (Å²) < 4.78 is 2.83. The molecule has 0 bridgehead atoms. The average Bonchev–Trinajstić information content (AvgIpc) is 3.16. The summed E-state index contributed by atoms with van der Waals surface area (Å²) in [6.45, 7) is 2.60. The van der Waals surface area contributed by atoms with Gasteiger partial charge in [0.2, 0.25) is 0 Å². The van der Waals surface area contributed by atoms with Crippen molar-refractivity contribution in [2.45, 2.75) is 13.5 Å². The predicted octanol–water partition coefficient (Wildman–Crippen LogP) is 3.88. The molecule has 22 heavy (non-hydrogen) atoms. The van der Waals surface area contributed by atoms with Gasteiger partial charge in [-0.3, -0.25) is 14.8 Å². The van der Waals surface area contributed by atoms with Gasteiger partial charge in [-0.05, 0) is 47.7 Å². The molecule has 112 valence electrons. The Morgan fingerprint density at radius 3 is 2.82 bits per heavy atom. The second-order valence-electron chi connectivity index (χ2n) is 4.53. The second kappa shape index (κ2) is 6.57. The topological polar surface area (TPSA) is 59.8 Å². The number of hydrogen-bond donors (Lipinski definition) is 1. The fourth-order valence-electron chi connectivity index (χ4n) is 2.02. The zero-order chi connectivity index (χ0) is 15.5. The molecular formula is C15H13IN4OS. The molecule has 7 heteroatoms. The Hall–Kier alpha value is -1.74. The smallest absolute Gasteiger partial charge is 0.275 e. The quantitative estimate of drug-likeness (QED) is 0.647. The molecular weight excluding hydrogens is 411 g/mol. The molecule has 2 heterocycles. The summed E-state index contributed by atoms with van der Waals surface area (Å²) >= 11 is 3.68. The summed E-state index contributed by atoms with van der Waals surface area (Å²) in [7, 11) is 0. The number of rotatable bonds is 4. The van der Waals surface area contributed by atoms with Crippen LogP contribution in [0.2, 0.25) is 0 Å². The maximum absolute atomic E-state index is 12.2. The Morgan fingerprint density at radius 1 is 1.32 bits per heavy atom. The van der Waals surface area contributed by atoms with Crippen LogP contribution in [0.1, 0.15) is 17.4 Å². The van der Waals surface area contributed by atoms with Crippen LogP contribution in [0.25, 0.3) is 11.3 Å². The van der Waals surface area contributed by atoms with E-state index in [0.29, 0.717) is 17.4 Å². The van der Waals surface area contributed by atoms with Crippen molar-refractivity contribution in [3.05, 3.63) is 51.2 Å². The number of thiazole rings is 1. The molecule has 1 N–H and O–H groups in total. The summed E-state index contributed by atoms with van der Waals surface area (Å²) in [6.07, 6.45) is 1.62. The molecule has 0 radical (unpaired) electrons. The number of halogens is 1. The maximum Gasteiger partial charge on any atom is 0.275 e.